The maximum absolute atomic E-state index is 12.7. The van der Waals surface area contributed by atoms with E-state index in [0.717, 1.165) is 57.8 Å². The Morgan fingerprint density at radius 3 is 1.42 bits per heavy atom. The molecule has 0 aliphatic heterocycles. The molecule has 9 nitrogen and oxygen atoms in total. The molecular formula is C50H90NO8P. The number of rotatable bonds is 43. The quantitative estimate of drug-likeness (QED) is 0.0196. The summed E-state index contributed by atoms with van der Waals surface area (Å²) in [5.41, 5.74) is 0. The van der Waals surface area contributed by atoms with Crippen LogP contribution >= 0.6 is 7.82 Å². The second kappa shape index (κ2) is 42.0. The minimum Gasteiger partial charge on any atom is -0.756 e. The molecule has 0 saturated heterocycles. The van der Waals surface area contributed by atoms with E-state index in [9.17, 15) is 19.0 Å². The molecule has 0 aromatic carbocycles. The third-order valence-corrected chi connectivity index (χ3v) is 11.0. The number of esters is 2. The highest BCUT2D eigenvalue weighted by Crippen LogP contribution is 2.38. The van der Waals surface area contributed by atoms with Gasteiger partial charge in [-0.05, 0) is 77.0 Å². The lowest BCUT2D eigenvalue weighted by Gasteiger charge is -2.28. The highest BCUT2D eigenvalue weighted by atomic mass is 31.2. The van der Waals surface area contributed by atoms with E-state index < -0.39 is 32.5 Å². The lowest BCUT2D eigenvalue weighted by atomic mass is 10.1. The number of phosphoric acid groups is 1. The molecule has 0 amide bonds. The van der Waals surface area contributed by atoms with Crippen molar-refractivity contribution in [2.45, 2.75) is 200 Å². The van der Waals surface area contributed by atoms with Crippen molar-refractivity contribution in [2.75, 3.05) is 47.5 Å². The van der Waals surface area contributed by atoms with Gasteiger partial charge in [0.15, 0.2) is 6.10 Å². The van der Waals surface area contributed by atoms with E-state index >= 15 is 0 Å². The zero-order chi connectivity index (χ0) is 44.3. The number of allylic oxidation sites excluding steroid dienone is 10. The number of carbonyl (C=O) groups excluding carboxylic acids is 2. The van der Waals surface area contributed by atoms with Gasteiger partial charge in [-0.25, -0.2) is 0 Å². The molecule has 0 bridgehead atoms. The molecule has 0 aromatic heterocycles. The third-order valence-electron chi connectivity index (χ3n) is 10.0. The monoisotopic (exact) mass is 864 g/mol. The Hall–Kier alpha value is -2.29. The van der Waals surface area contributed by atoms with Crippen LogP contribution in [0, 0.1) is 0 Å². The van der Waals surface area contributed by atoms with E-state index in [1.165, 1.54) is 96.3 Å². The van der Waals surface area contributed by atoms with E-state index in [1.807, 2.05) is 21.1 Å². The molecule has 1 unspecified atom stereocenters. The Balaban J connectivity index is 4.39. The molecule has 0 aromatic rings. The van der Waals surface area contributed by atoms with Crippen molar-refractivity contribution in [2.24, 2.45) is 0 Å². The van der Waals surface area contributed by atoms with Gasteiger partial charge in [-0.1, -0.05) is 164 Å². The molecule has 0 aliphatic rings. The molecule has 10 heteroatoms. The summed E-state index contributed by atoms with van der Waals surface area (Å²) in [6.07, 6.45) is 51.1. The average molecular weight is 864 g/mol. The van der Waals surface area contributed by atoms with Crippen molar-refractivity contribution in [1.82, 2.24) is 0 Å². The van der Waals surface area contributed by atoms with Crippen LogP contribution in [0.5, 0.6) is 0 Å². The molecule has 0 fully saturated rings. The van der Waals surface area contributed by atoms with Gasteiger partial charge in [0, 0.05) is 12.8 Å². The first kappa shape index (κ1) is 57.7. The van der Waals surface area contributed by atoms with Crippen LogP contribution in [-0.4, -0.2) is 70.0 Å². The van der Waals surface area contributed by atoms with Crippen molar-refractivity contribution < 1.29 is 42.1 Å². The average Bonchev–Trinajstić information content (AvgIpc) is 3.20. The molecule has 0 aliphatic carbocycles. The van der Waals surface area contributed by atoms with E-state index in [-0.39, 0.29) is 26.1 Å². The zero-order valence-corrected chi connectivity index (χ0v) is 40.0. The van der Waals surface area contributed by atoms with E-state index in [2.05, 4.69) is 74.6 Å². The number of ether oxygens (including phenoxy) is 2. The molecule has 0 saturated carbocycles. The lowest BCUT2D eigenvalue weighted by molar-refractivity contribution is -0.870. The Morgan fingerprint density at radius 1 is 0.517 bits per heavy atom. The van der Waals surface area contributed by atoms with Crippen molar-refractivity contribution in [3.05, 3.63) is 60.8 Å². The van der Waals surface area contributed by atoms with E-state index in [1.54, 1.807) is 0 Å². The van der Waals surface area contributed by atoms with Crippen LogP contribution < -0.4 is 4.89 Å². The second-order valence-electron chi connectivity index (χ2n) is 17.1. The number of quaternary nitrogens is 1. The lowest BCUT2D eigenvalue weighted by Crippen LogP contribution is -2.37. The summed E-state index contributed by atoms with van der Waals surface area (Å²) in [7, 11) is 1.13. The van der Waals surface area contributed by atoms with Crippen LogP contribution in [0.1, 0.15) is 194 Å². The van der Waals surface area contributed by atoms with Gasteiger partial charge in [0.1, 0.15) is 19.8 Å². The fourth-order valence-electron chi connectivity index (χ4n) is 6.23. The Labute approximate surface area is 368 Å². The minimum absolute atomic E-state index is 0.0413. The topological polar surface area (TPSA) is 111 Å². The van der Waals surface area contributed by atoms with Crippen LogP contribution in [-0.2, 0) is 32.7 Å². The van der Waals surface area contributed by atoms with E-state index in [4.69, 9.17) is 18.5 Å². The van der Waals surface area contributed by atoms with Gasteiger partial charge in [-0.3, -0.25) is 14.2 Å². The van der Waals surface area contributed by atoms with Crippen molar-refractivity contribution >= 4 is 19.8 Å². The van der Waals surface area contributed by atoms with Crippen LogP contribution in [0.3, 0.4) is 0 Å². The SMILES string of the molecule is CCCCC/C=C/C/C=C/CCCCCCCCCCCC(=O)O[C@H](COC(=O)CCC/C=C/C/C=C/C/C=C/CCCCCCCC)COP(=O)([O-])OCC[N+](C)(C)C. The molecule has 0 radical (unpaired) electrons. The Morgan fingerprint density at radius 2 is 0.917 bits per heavy atom. The summed E-state index contributed by atoms with van der Waals surface area (Å²) in [6.45, 7) is 4.14. The predicted molar refractivity (Wildman–Crippen MR) is 250 cm³/mol. The van der Waals surface area contributed by atoms with Gasteiger partial charge in [0.25, 0.3) is 7.82 Å². The van der Waals surface area contributed by atoms with Gasteiger partial charge in [-0.15, -0.1) is 0 Å². The minimum atomic E-state index is -4.64. The van der Waals surface area contributed by atoms with Crippen LogP contribution in [0.4, 0.5) is 0 Å². The maximum atomic E-state index is 12.7. The summed E-state index contributed by atoms with van der Waals surface area (Å²) >= 11 is 0. The molecule has 0 heterocycles. The van der Waals surface area contributed by atoms with Gasteiger partial charge >= 0.3 is 11.9 Å². The Bertz CT molecular complexity index is 1210. The highest BCUT2D eigenvalue weighted by molar-refractivity contribution is 7.45. The summed E-state index contributed by atoms with van der Waals surface area (Å²) < 4.78 is 33.9. The van der Waals surface area contributed by atoms with Crippen molar-refractivity contribution in [3.8, 4) is 0 Å². The summed E-state index contributed by atoms with van der Waals surface area (Å²) in [5, 5.41) is 0. The van der Waals surface area contributed by atoms with Crippen LogP contribution in [0.25, 0.3) is 0 Å². The smallest absolute Gasteiger partial charge is 0.306 e. The zero-order valence-electron chi connectivity index (χ0n) is 39.1. The largest absolute Gasteiger partial charge is 0.756 e. The number of hydrogen-bond acceptors (Lipinski definition) is 8. The molecule has 0 rings (SSSR count). The van der Waals surface area contributed by atoms with Gasteiger partial charge in [0.05, 0.1) is 27.7 Å². The highest BCUT2D eigenvalue weighted by Gasteiger charge is 2.21. The predicted octanol–water partition coefficient (Wildman–Crippen LogP) is 13.4. The van der Waals surface area contributed by atoms with E-state index in [0.29, 0.717) is 23.9 Å². The Kier molecular flexibility index (Phi) is 40.4. The first-order chi connectivity index (χ1) is 29.0. The van der Waals surface area contributed by atoms with Crippen LogP contribution in [0.2, 0.25) is 0 Å². The fraction of sp³-hybridized carbons (Fsp3) is 0.760. The fourth-order valence-corrected chi connectivity index (χ4v) is 6.96. The molecule has 60 heavy (non-hydrogen) atoms. The number of likely N-dealkylation sites (N-methyl/N-ethyl adjacent to an activating group) is 1. The van der Waals surface area contributed by atoms with Gasteiger partial charge in [-0.2, -0.15) is 0 Å². The maximum Gasteiger partial charge on any atom is 0.306 e. The van der Waals surface area contributed by atoms with Gasteiger partial charge < -0.3 is 27.9 Å². The first-order valence-corrected chi connectivity index (χ1v) is 25.5. The first-order valence-electron chi connectivity index (χ1n) is 24.0. The summed E-state index contributed by atoms with van der Waals surface area (Å²) in [6, 6.07) is 0. The summed E-state index contributed by atoms with van der Waals surface area (Å²) in [5.74, 6) is -0.901. The summed E-state index contributed by atoms with van der Waals surface area (Å²) in [4.78, 5) is 37.6. The number of carbonyl (C=O) groups is 2. The molecular weight excluding hydrogens is 774 g/mol. The normalized spacial score (nSPS) is 14.0. The molecule has 348 valence electrons. The second-order valence-corrected chi connectivity index (χ2v) is 18.5. The molecule has 2 atom stereocenters. The van der Waals surface area contributed by atoms with Crippen molar-refractivity contribution in [1.29, 1.82) is 0 Å². The van der Waals surface area contributed by atoms with Crippen LogP contribution in [0.15, 0.2) is 60.8 Å². The molecule has 0 spiro atoms. The van der Waals surface area contributed by atoms with Crippen molar-refractivity contribution in [3.63, 3.8) is 0 Å². The number of hydrogen-bond donors (Lipinski definition) is 0. The standard InChI is InChI=1S/C50H90NO8P/c1-6-8-10-12-14-16-18-20-22-24-25-27-29-31-33-35-37-39-41-43-50(53)59-48(47-58-60(54,55)57-45-44-51(3,4)5)46-56-49(52)42-40-38-36-34-32-30-28-26-23-21-19-17-15-13-11-9-7-2/h14,16,20-23,28,30,34,36,48H,6-13,15,17-19,24-27,29,31-33,35,37-47H2,1-5H3/b16-14+,22-20+,23-21+,30-28+,36-34+/t48-/m1/s1. The number of nitrogens with zero attached hydrogens (tertiary/aromatic N) is 1. The third kappa shape index (κ3) is 45.2. The number of phosphoric ester groups is 1. The van der Waals surface area contributed by atoms with Gasteiger partial charge in [0.2, 0.25) is 0 Å². The number of unbranched alkanes of at least 4 members (excludes halogenated alkanes) is 19. The molecule has 0 N–H and O–H groups in total.